The number of amides is 1. The van der Waals surface area contributed by atoms with Crippen molar-refractivity contribution in [3.63, 3.8) is 0 Å². The molecule has 2 unspecified atom stereocenters. The molecule has 2 rings (SSSR count). The summed E-state index contributed by atoms with van der Waals surface area (Å²) >= 11 is 0. The number of nitrogens with one attached hydrogen (secondary N) is 2. The quantitative estimate of drug-likeness (QED) is 0.707. The van der Waals surface area contributed by atoms with Crippen molar-refractivity contribution in [3.05, 3.63) is 35.9 Å². The second kappa shape index (κ2) is 7.01. The average molecular weight is 290 g/mol. The van der Waals surface area contributed by atoms with Crippen LogP contribution in [0.1, 0.15) is 12.0 Å². The molecule has 21 heavy (non-hydrogen) atoms. The van der Waals surface area contributed by atoms with E-state index in [-0.39, 0.29) is 18.1 Å². The van der Waals surface area contributed by atoms with E-state index in [9.17, 15) is 9.59 Å². The molecular weight excluding hydrogens is 272 g/mol. The number of benzene rings is 1. The van der Waals surface area contributed by atoms with Gasteiger partial charge in [0.25, 0.3) is 0 Å². The number of anilines is 1. The number of methoxy groups -OCH3 is 1. The van der Waals surface area contributed by atoms with Gasteiger partial charge in [0.2, 0.25) is 5.91 Å². The monoisotopic (exact) mass is 290 g/mol. The van der Waals surface area contributed by atoms with Crippen LogP contribution in [0, 0.1) is 0 Å². The summed E-state index contributed by atoms with van der Waals surface area (Å²) in [7, 11) is 1.63. The van der Waals surface area contributed by atoms with Gasteiger partial charge < -0.3 is 20.5 Å². The molecule has 3 N–H and O–H groups in total. The Morgan fingerprint density at radius 2 is 2.29 bits per heavy atom. The Balaban J connectivity index is 1.98. The molecule has 6 heteroatoms. The number of rotatable bonds is 5. The van der Waals surface area contributed by atoms with Gasteiger partial charge >= 0.3 is 5.97 Å². The molecule has 1 aliphatic rings. The van der Waals surface area contributed by atoms with Gasteiger partial charge in [0.15, 0.2) is 0 Å². The first-order valence-electron chi connectivity index (χ1n) is 6.66. The van der Waals surface area contributed by atoms with Crippen LogP contribution < -0.4 is 10.6 Å². The van der Waals surface area contributed by atoms with Gasteiger partial charge in [-0.1, -0.05) is 12.1 Å². The van der Waals surface area contributed by atoms with Crippen molar-refractivity contribution in [2.45, 2.75) is 18.6 Å². The Hall–Kier alpha value is -2.18. The van der Waals surface area contributed by atoms with Gasteiger partial charge in [-0.2, -0.15) is 0 Å². The van der Waals surface area contributed by atoms with Gasteiger partial charge in [-0.3, -0.25) is 4.79 Å². The maximum atomic E-state index is 12.1. The molecule has 0 aliphatic carbocycles. The zero-order valence-corrected chi connectivity index (χ0v) is 11.7. The van der Waals surface area contributed by atoms with Crippen molar-refractivity contribution in [2.75, 3.05) is 19.0 Å². The van der Waals surface area contributed by atoms with Crippen molar-refractivity contribution >= 4 is 23.6 Å². The van der Waals surface area contributed by atoms with Crippen LogP contribution in [0.2, 0.25) is 0 Å². The molecule has 1 saturated heterocycles. The Morgan fingerprint density at radius 1 is 1.48 bits per heavy atom. The molecule has 2 atom stereocenters. The Labute approximate surface area is 122 Å². The van der Waals surface area contributed by atoms with Gasteiger partial charge in [0, 0.05) is 25.4 Å². The zero-order chi connectivity index (χ0) is 15.2. The van der Waals surface area contributed by atoms with Gasteiger partial charge in [0.05, 0.1) is 12.1 Å². The van der Waals surface area contributed by atoms with Crippen molar-refractivity contribution in [2.24, 2.45) is 0 Å². The summed E-state index contributed by atoms with van der Waals surface area (Å²) in [4.78, 5) is 22.6. The van der Waals surface area contributed by atoms with Gasteiger partial charge in [0.1, 0.15) is 0 Å². The highest BCUT2D eigenvalue weighted by Crippen LogP contribution is 2.15. The lowest BCUT2D eigenvalue weighted by Crippen LogP contribution is -2.35. The van der Waals surface area contributed by atoms with Crippen LogP contribution in [-0.2, 0) is 14.3 Å². The summed E-state index contributed by atoms with van der Waals surface area (Å²) in [6, 6.07) is 6.74. The van der Waals surface area contributed by atoms with Crippen molar-refractivity contribution in [1.29, 1.82) is 0 Å². The predicted octanol–water partition coefficient (Wildman–Crippen LogP) is 1.10. The van der Waals surface area contributed by atoms with Gasteiger partial charge in [-0.05, 0) is 30.2 Å². The molecule has 0 aromatic heterocycles. The third-order valence-electron chi connectivity index (χ3n) is 3.31. The van der Waals surface area contributed by atoms with Crippen molar-refractivity contribution in [1.82, 2.24) is 5.32 Å². The van der Waals surface area contributed by atoms with Gasteiger partial charge in [-0.15, -0.1) is 0 Å². The minimum absolute atomic E-state index is 0.0607. The van der Waals surface area contributed by atoms with E-state index in [0.29, 0.717) is 24.2 Å². The first kappa shape index (κ1) is 15.2. The summed E-state index contributed by atoms with van der Waals surface area (Å²) in [6.45, 7) is 0.663. The summed E-state index contributed by atoms with van der Waals surface area (Å²) in [5, 5.41) is 14.5. The molecule has 6 nitrogen and oxygen atoms in total. The number of hydrogen-bond acceptors (Lipinski definition) is 4. The fourth-order valence-electron chi connectivity index (χ4n) is 2.20. The van der Waals surface area contributed by atoms with Crippen LogP contribution in [0.25, 0.3) is 6.08 Å². The summed E-state index contributed by atoms with van der Waals surface area (Å²) in [5.41, 5.74) is 1.35. The van der Waals surface area contributed by atoms with Crippen molar-refractivity contribution in [3.8, 4) is 0 Å². The lowest BCUT2D eigenvalue weighted by atomic mass is 10.1. The first-order chi connectivity index (χ1) is 10.1. The van der Waals surface area contributed by atoms with E-state index in [1.807, 2.05) is 0 Å². The van der Waals surface area contributed by atoms with Crippen LogP contribution in [0.4, 0.5) is 5.69 Å². The summed E-state index contributed by atoms with van der Waals surface area (Å²) in [5.74, 6) is -1.13. The predicted molar refractivity (Wildman–Crippen MR) is 78.9 cm³/mol. The third-order valence-corrected chi connectivity index (χ3v) is 3.31. The lowest BCUT2D eigenvalue weighted by Gasteiger charge is -2.11. The highest BCUT2D eigenvalue weighted by Gasteiger charge is 2.29. The van der Waals surface area contributed by atoms with Crippen LogP contribution in [0.5, 0.6) is 0 Å². The Morgan fingerprint density at radius 3 is 2.95 bits per heavy atom. The van der Waals surface area contributed by atoms with Crippen LogP contribution in [-0.4, -0.2) is 42.8 Å². The number of hydrogen-bond donors (Lipinski definition) is 3. The van der Waals surface area contributed by atoms with E-state index in [0.717, 1.165) is 6.08 Å². The second-order valence-electron chi connectivity index (χ2n) is 4.84. The molecule has 1 fully saturated rings. The van der Waals surface area contributed by atoms with E-state index in [2.05, 4.69) is 10.6 Å². The molecule has 0 radical (unpaired) electrons. The Kier molecular flexibility index (Phi) is 5.08. The molecule has 1 aromatic carbocycles. The van der Waals surface area contributed by atoms with Gasteiger partial charge in [-0.25, -0.2) is 4.79 Å². The second-order valence-corrected chi connectivity index (χ2v) is 4.84. The van der Waals surface area contributed by atoms with E-state index in [1.54, 1.807) is 31.4 Å². The molecule has 1 aliphatic heterocycles. The number of carboxylic acids is 1. The SMILES string of the molecule is COC1CNC(C(=O)Nc2cccc(/C=C/C(=O)O)c2)C1. The Bertz CT molecular complexity index is 556. The molecule has 1 amide bonds. The molecule has 1 heterocycles. The summed E-state index contributed by atoms with van der Waals surface area (Å²) in [6.07, 6.45) is 3.24. The molecule has 0 spiro atoms. The van der Waals surface area contributed by atoms with Crippen LogP contribution in [0.3, 0.4) is 0 Å². The zero-order valence-electron chi connectivity index (χ0n) is 11.7. The highest BCUT2D eigenvalue weighted by molar-refractivity contribution is 5.95. The van der Waals surface area contributed by atoms with Crippen LogP contribution in [0.15, 0.2) is 30.3 Å². The summed E-state index contributed by atoms with van der Waals surface area (Å²) < 4.78 is 5.21. The fourth-order valence-corrected chi connectivity index (χ4v) is 2.20. The number of carboxylic acid groups (broad SMARTS) is 1. The number of ether oxygens (including phenoxy) is 1. The molecule has 0 bridgehead atoms. The first-order valence-corrected chi connectivity index (χ1v) is 6.66. The third kappa shape index (κ3) is 4.40. The van der Waals surface area contributed by atoms with E-state index >= 15 is 0 Å². The molecular formula is C15H18N2O4. The number of carbonyl (C=O) groups is 2. The fraction of sp³-hybridized carbons (Fsp3) is 0.333. The maximum absolute atomic E-state index is 12.1. The maximum Gasteiger partial charge on any atom is 0.328 e. The minimum Gasteiger partial charge on any atom is -0.478 e. The number of carbonyl (C=O) groups excluding carboxylic acids is 1. The smallest absolute Gasteiger partial charge is 0.328 e. The normalized spacial score (nSPS) is 21.6. The standard InChI is InChI=1S/C15H18N2O4/c1-21-12-8-13(16-9-12)15(20)17-11-4-2-3-10(7-11)5-6-14(18)19/h2-7,12-13,16H,8-9H2,1H3,(H,17,20)(H,18,19)/b6-5+. The topological polar surface area (TPSA) is 87.7 Å². The lowest BCUT2D eigenvalue weighted by molar-refractivity contribution is -0.131. The van der Waals surface area contributed by atoms with E-state index in [1.165, 1.54) is 6.08 Å². The minimum atomic E-state index is -1.01. The molecule has 0 saturated carbocycles. The van der Waals surface area contributed by atoms with E-state index in [4.69, 9.17) is 9.84 Å². The number of aliphatic carboxylic acids is 1. The molecule has 1 aromatic rings. The van der Waals surface area contributed by atoms with Crippen molar-refractivity contribution < 1.29 is 19.4 Å². The largest absolute Gasteiger partial charge is 0.478 e. The van der Waals surface area contributed by atoms with E-state index < -0.39 is 5.97 Å². The average Bonchev–Trinajstić information content (AvgIpc) is 2.94. The van der Waals surface area contributed by atoms with Crippen LogP contribution >= 0.6 is 0 Å². The molecule has 112 valence electrons. The highest BCUT2D eigenvalue weighted by atomic mass is 16.5.